The van der Waals surface area contributed by atoms with Gasteiger partial charge in [0, 0.05) is 36.8 Å². The van der Waals surface area contributed by atoms with Gasteiger partial charge in [-0.25, -0.2) is 19.4 Å². The second-order valence-corrected chi connectivity index (χ2v) is 49.5. The van der Waals surface area contributed by atoms with Crippen molar-refractivity contribution in [2.45, 2.75) is 249 Å². The molecule has 528 valence electrons. The van der Waals surface area contributed by atoms with Crippen molar-refractivity contribution in [3.63, 3.8) is 0 Å². The van der Waals surface area contributed by atoms with E-state index >= 15 is 0 Å². The Morgan fingerprint density at radius 1 is 0.464 bits per heavy atom. The van der Waals surface area contributed by atoms with E-state index in [9.17, 15) is 38.4 Å². The van der Waals surface area contributed by atoms with Crippen molar-refractivity contribution in [3.05, 3.63) is 108 Å². The molecule has 8 atom stereocenters. The molecule has 4 bridgehead atoms. The van der Waals surface area contributed by atoms with Crippen LogP contribution in [-0.2, 0) is 72.0 Å². The fourth-order valence-electron chi connectivity index (χ4n) is 15.3. The van der Waals surface area contributed by atoms with Gasteiger partial charge in [0.05, 0.1) is 66.1 Å². The molecule has 2 aromatic rings. The van der Waals surface area contributed by atoms with Gasteiger partial charge in [0.25, 0.3) is 0 Å². The van der Waals surface area contributed by atoms with Gasteiger partial charge in [0.15, 0.2) is 33.3 Å². The first kappa shape index (κ1) is 77.6. The molecule has 6 heterocycles. The Hall–Kier alpha value is -5.15. The van der Waals surface area contributed by atoms with Crippen LogP contribution in [0, 0.1) is 23.7 Å². The van der Waals surface area contributed by atoms with Crippen LogP contribution in [0.3, 0.4) is 0 Å². The van der Waals surface area contributed by atoms with Crippen molar-refractivity contribution in [1.29, 1.82) is 0 Å². The maximum atomic E-state index is 14.4. The number of hydrogen-bond donors (Lipinski definition) is 0. The number of esters is 2. The predicted molar refractivity (Wildman–Crippen MR) is 399 cm³/mol. The van der Waals surface area contributed by atoms with E-state index in [2.05, 4.69) is 65.5 Å². The minimum atomic E-state index is -1.91. The van der Waals surface area contributed by atoms with E-state index in [1.807, 2.05) is 60.7 Å². The molecule has 8 rings (SSSR count). The number of ketones is 2. The average Bonchev–Trinajstić information content (AvgIpc) is 1.55. The minimum absolute atomic E-state index is 0.0430. The Bertz CT molecular complexity index is 3370. The second-order valence-electron chi connectivity index (χ2n) is 30.6. The van der Waals surface area contributed by atoms with E-state index in [-0.39, 0.29) is 67.7 Å². The average molecular weight is 1440 g/mol. The summed E-state index contributed by atoms with van der Waals surface area (Å²) in [5, 5.41) is 0. The number of thiocarbonyl (C=S) groups is 2. The lowest BCUT2D eigenvalue weighted by Gasteiger charge is -2.34. The molecule has 0 N–H and O–H groups in total. The van der Waals surface area contributed by atoms with Crippen LogP contribution in [0.15, 0.2) is 97.1 Å². The van der Waals surface area contributed by atoms with Gasteiger partial charge in [-0.2, -0.15) is 0 Å². The number of imide groups is 2. The summed E-state index contributed by atoms with van der Waals surface area (Å²) in [5.74, 6) is -4.50. The van der Waals surface area contributed by atoms with Crippen LogP contribution in [0.1, 0.15) is 153 Å². The van der Waals surface area contributed by atoms with E-state index in [1.54, 1.807) is 26.0 Å². The van der Waals surface area contributed by atoms with E-state index in [0.717, 1.165) is 111 Å². The summed E-state index contributed by atoms with van der Waals surface area (Å²) in [5.41, 5.74) is 1.61. The second kappa shape index (κ2) is 33.6. The zero-order chi connectivity index (χ0) is 70.7. The highest BCUT2D eigenvalue weighted by Crippen LogP contribution is 2.56. The molecule has 97 heavy (non-hydrogen) atoms. The Morgan fingerprint density at radius 2 is 0.794 bits per heavy atom. The molecule has 6 aliphatic heterocycles. The van der Waals surface area contributed by atoms with Gasteiger partial charge in [0.1, 0.15) is 17.2 Å². The third-order valence-corrected chi connectivity index (χ3v) is 36.0. The van der Waals surface area contributed by atoms with Crippen LogP contribution in [0.4, 0.5) is 11.4 Å². The third-order valence-electron chi connectivity index (χ3n) is 20.1. The van der Waals surface area contributed by atoms with E-state index < -0.39 is 92.3 Å². The SMILES string of the molecule is C=C(C)C(=O)OCCCC(=O)CCCC[Si](C)(C)O[Si](C)(C)CCCCC(=S)CCCC[Si](C)(C)O[Si](C)(C)CCCCC(=S)CCC12C=CC(O1)C1C(=O)N(c3ccc(Cc4ccc(N5C(=O)C6C7C=CC(CCC(=O)CCCOC(=O)C(=C)C)(O7)C6C5=O)cc4)cc3)C(=O)C12. The molecule has 0 radical (unpaired) electrons. The number of fused-ring (bicyclic) bond motifs is 10. The van der Waals surface area contributed by atoms with Gasteiger partial charge < -0.3 is 27.2 Å². The van der Waals surface area contributed by atoms with Crippen LogP contribution in [0.25, 0.3) is 0 Å². The molecule has 4 saturated heterocycles. The van der Waals surface area contributed by atoms with Crippen LogP contribution in [0.2, 0.25) is 76.6 Å². The lowest BCUT2D eigenvalue weighted by Crippen LogP contribution is -2.44. The van der Waals surface area contributed by atoms with Crippen LogP contribution in [-0.4, -0.2) is 127 Å². The van der Waals surface area contributed by atoms with E-state index in [0.29, 0.717) is 67.5 Å². The maximum Gasteiger partial charge on any atom is 0.333 e. The third kappa shape index (κ3) is 20.5. The van der Waals surface area contributed by atoms with Gasteiger partial charge in [-0.05, 0) is 219 Å². The fourth-order valence-corrected chi connectivity index (χ4v) is 33.9. The molecule has 2 aromatic carbocycles. The summed E-state index contributed by atoms with van der Waals surface area (Å²) in [7, 11) is -7.45. The van der Waals surface area contributed by atoms with Crippen molar-refractivity contribution < 1.29 is 65.5 Å². The summed E-state index contributed by atoms with van der Waals surface area (Å²) < 4.78 is 36.9. The molecule has 22 heteroatoms. The number of nitrogens with zero attached hydrogens (tertiary/aromatic N) is 2. The largest absolute Gasteiger partial charge is 0.462 e. The van der Waals surface area contributed by atoms with Gasteiger partial charge >= 0.3 is 11.9 Å². The number of unbranched alkanes of at least 4 members (excludes halogenated alkanes) is 4. The fraction of sp³-hybridized carbons (Fsp3) is 0.600. The smallest absolute Gasteiger partial charge is 0.333 e. The highest BCUT2D eigenvalue weighted by Gasteiger charge is 2.69. The van der Waals surface area contributed by atoms with E-state index in [1.165, 1.54) is 14.7 Å². The van der Waals surface area contributed by atoms with Gasteiger partial charge in [-0.1, -0.05) is 112 Å². The molecular weight excluding hydrogens is 1330 g/mol. The molecule has 6 aliphatic rings. The lowest BCUT2D eigenvalue weighted by molar-refractivity contribution is -0.140. The number of rotatable bonds is 44. The zero-order valence-corrected chi connectivity index (χ0v) is 65.0. The van der Waals surface area contributed by atoms with Crippen LogP contribution in [0.5, 0.6) is 0 Å². The number of carbonyl (C=O) groups excluding carboxylic acids is 8. The molecular formula is C75H106N2O14S2Si4. The molecule has 8 unspecified atom stereocenters. The molecule has 4 amide bonds. The molecule has 0 spiro atoms. The first-order valence-corrected chi connectivity index (χ1v) is 48.8. The maximum absolute atomic E-state index is 14.4. The van der Waals surface area contributed by atoms with Crippen molar-refractivity contribution >= 4 is 126 Å². The number of ether oxygens (including phenoxy) is 4. The summed E-state index contributed by atoms with van der Waals surface area (Å²) in [6.45, 7) is 29.4. The van der Waals surface area contributed by atoms with Crippen molar-refractivity contribution in [3.8, 4) is 0 Å². The highest BCUT2D eigenvalue weighted by atomic mass is 32.1. The molecule has 0 saturated carbocycles. The normalized spacial score (nSPS) is 23.2. The van der Waals surface area contributed by atoms with Gasteiger partial charge in [0.2, 0.25) is 23.6 Å². The topological polar surface area (TPSA) is 198 Å². The lowest BCUT2D eigenvalue weighted by atomic mass is 9.74. The summed E-state index contributed by atoms with van der Waals surface area (Å²) in [6, 6.07) is 19.2. The first-order valence-electron chi connectivity index (χ1n) is 35.5. The monoisotopic (exact) mass is 1430 g/mol. The number of carbonyl (C=O) groups is 8. The number of Topliss-reactive ketones (excluding diaryl/α,β-unsaturated/α-hetero) is 2. The van der Waals surface area contributed by atoms with E-state index in [4.69, 9.17) is 51.6 Å². The standard InChI is InChI=1S/C75H106N2O14S2Si4/c1-52(2)72(84)86-45-21-24-58(78)23-13-17-47-94(5,6)90-95(7,8)48-18-14-26-60(92)27-15-19-49-96(9,10)91-97(11,12)50-20-16-28-61(93)38-42-75-44-40-63(89-75)65-67(75)71(83)77(69(65)81)57-35-31-55(32-36-57)51-54-29-33-56(34-30-54)76-68(80)64-62-39-43-74(88-62,66(64)70(76)82)41-37-59(79)25-22-46-87-73(85)53(3)4/h29-36,39-40,43-44,62-67H,1,3,13-28,37-38,41-42,45-51H2,2,4-12H3. The zero-order valence-electron chi connectivity index (χ0n) is 59.3. The summed E-state index contributed by atoms with van der Waals surface area (Å²) in [6.07, 6.45) is 22.0. The summed E-state index contributed by atoms with van der Waals surface area (Å²) >= 11 is 11.8. The Balaban J connectivity index is 0.691. The predicted octanol–water partition coefficient (Wildman–Crippen LogP) is 15.7. The Kier molecular flexibility index (Phi) is 26.8. The van der Waals surface area contributed by atoms with Gasteiger partial charge in [-0.3, -0.25) is 28.8 Å². The van der Waals surface area contributed by atoms with Crippen molar-refractivity contribution in [1.82, 2.24) is 0 Å². The number of amides is 4. The number of anilines is 2. The molecule has 0 aliphatic carbocycles. The summed E-state index contributed by atoms with van der Waals surface area (Å²) in [4.78, 5) is 110. The van der Waals surface area contributed by atoms with Crippen LogP contribution >= 0.6 is 24.4 Å². The first-order chi connectivity index (χ1) is 45.7. The molecule has 16 nitrogen and oxygen atoms in total. The van der Waals surface area contributed by atoms with Crippen molar-refractivity contribution in [2.75, 3.05) is 23.0 Å². The quantitative estimate of drug-likeness (QED) is 0.0115. The van der Waals surface area contributed by atoms with Gasteiger partial charge in [-0.15, -0.1) is 0 Å². The highest BCUT2D eigenvalue weighted by molar-refractivity contribution is 7.80. The minimum Gasteiger partial charge on any atom is -0.462 e. The molecule has 0 aromatic heterocycles. The van der Waals surface area contributed by atoms with Crippen LogP contribution < -0.4 is 9.80 Å². The Labute approximate surface area is 591 Å². The number of hydrogen-bond acceptors (Lipinski definition) is 16. The number of benzene rings is 2. The molecule has 4 fully saturated rings. The van der Waals surface area contributed by atoms with Crippen molar-refractivity contribution in [2.24, 2.45) is 23.7 Å². The Morgan fingerprint density at radius 3 is 1.16 bits per heavy atom.